The molecule has 3 aromatic carbocycles. The molecule has 0 unspecified atom stereocenters. The van der Waals surface area contributed by atoms with Gasteiger partial charge in [-0.1, -0.05) is 64.5 Å². The Hall–Kier alpha value is -3.65. The van der Waals surface area contributed by atoms with Crippen LogP contribution in [0.1, 0.15) is 27.4 Å². The number of amides is 2. The van der Waals surface area contributed by atoms with Crippen LogP contribution in [0.2, 0.25) is 0 Å². The van der Waals surface area contributed by atoms with Gasteiger partial charge in [0.2, 0.25) is 0 Å². The predicted molar refractivity (Wildman–Crippen MR) is 127 cm³/mol. The zero-order valence-electron chi connectivity index (χ0n) is 17.7. The normalized spacial score (nSPS) is 11.9. The zero-order chi connectivity index (χ0) is 23.5. The Balaban J connectivity index is 1.50. The number of benzene rings is 3. The lowest BCUT2D eigenvalue weighted by molar-refractivity contribution is -0.137. The first kappa shape index (κ1) is 22.5. The molecular weight excluding hydrogens is 488 g/mol. The maximum absolute atomic E-state index is 12.7. The Morgan fingerprint density at radius 1 is 1.00 bits per heavy atom. The number of nitrogens with one attached hydrogen (secondary N) is 1. The van der Waals surface area contributed by atoms with E-state index in [1.54, 1.807) is 12.1 Å². The largest absolute Gasteiger partial charge is 0.480 e. The molecule has 33 heavy (non-hydrogen) atoms. The van der Waals surface area contributed by atoms with Gasteiger partial charge in [0.05, 0.1) is 11.3 Å². The van der Waals surface area contributed by atoms with E-state index in [0.29, 0.717) is 4.47 Å². The van der Waals surface area contributed by atoms with E-state index < -0.39 is 24.5 Å². The first-order valence-corrected chi connectivity index (χ1v) is 11.0. The van der Waals surface area contributed by atoms with Crippen molar-refractivity contribution in [1.82, 2.24) is 4.90 Å². The molecule has 1 aliphatic carbocycles. The molecule has 0 saturated heterocycles. The maximum atomic E-state index is 12.7. The first-order valence-electron chi connectivity index (χ1n) is 10.2. The number of hydrogen-bond acceptors (Lipinski definition) is 4. The number of nitrogens with zero attached hydrogens (tertiary/aromatic N) is 1. The number of halogens is 1. The zero-order valence-corrected chi connectivity index (χ0v) is 19.3. The summed E-state index contributed by atoms with van der Waals surface area (Å²) in [6.45, 7) is -0.324. The Kier molecular flexibility index (Phi) is 6.46. The molecule has 8 heteroatoms. The number of anilines is 1. The monoisotopic (exact) mass is 508 g/mol. The average Bonchev–Trinajstić information content (AvgIpc) is 3.11. The molecule has 0 fully saturated rings. The molecule has 0 aliphatic heterocycles. The standard InChI is InChI=1S/C25H21BrN2O5/c1-28(13-23(29)30)24(31)20-11-10-15(26)12-22(20)27-25(32)33-14-21-18-8-4-2-6-16(18)17-7-3-5-9-19(17)21/h2-12,21H,13-14H2,1H3,(H,27,32)(H,29,30). The van der Waals surface area contributed by atoms with Crippen LogP contribution in [0.25, 0.3) is 11.1 Å². The van der Waals surface area contributed by atoms with Crippen LogP contribution in [-0.4, -0.2) is 48.2 Å². The van der Waals surface area contributed by atoms with Crippen LogP contribution in [0.4, 0.5) is 10.5 Å². The molecule has 2 N–H and O–H groups in total. The number of likely N-dealkylation sites (N-methyl/N-ethyl adjacent to an activating group) is 1. The minimum absolute atomic E-state index is 0.0894. The number of carbonyl (C=O) groups excluding carboxylic acids is 2. The number of ether oxygens (including phenoxy) is 1. The molecule has 168 valence electrons. The molecule has 2 amide bonds. The van der Waals surface area contributed by atoms with Gasteiger partial charge in [-0.25, -0.2) is 4.79 Å². The van der Waals surface area contributed by atoms with Crippen molar-refractivity contribution in [2.45, 2.75) is 5.92 Å². The fourth-order valence-corrected chi connectivity index (χ4v) is 4.39. The van der Waals surface area contributed by atoms with Crippen molar-refractivity contribution in [2.75, 3.05) is 25.5 Å². The Bertz CT molecular complexity index is 1200. The number of carbonyl (C=O) groups is 3. The number of carboxylic acid groups (broad SMARTS) is 1. The molecule has 0 radical (unpaired) electrons. The van der Waals surface area contributed by atoms with E-state index in [2.05, 4.69) is 33.4 Å². The Labute approximate surface area is 199 Å². The summed E-state index contributed by atoms with van der Waals surface area (Å²) in [5.74, 6) is -1.75. The summed E-state index contributed by atoms with van der Waals surface area (Å²) < 4.78 is 6.21. The third kappa shape index (κ3) is 4.75. The van der Waals surface area contributed by atoms with Crippen molar-refractivity contribution in [3.63, 3.8) is 0 Å². The third-order valence-corrected chi connectivity index (χ3v) is 6.00. The van der Waals surface area contributed by atoms with E-state index >= 15 is 0 Å². The fourth-order valence-electron chi connectivity index (χ4n) is 4.03. The van der Waals surface area contributed by atoms with Crippen LogP contribution in [-0.2, 0) is 9.53 Å². The fraction of sp³-hybridized carbons (Fsp3) is 0.160. The predicted octanol–water partition coefficient (Wildman–Crippen LogP) is 4.97. The van der Waals surface area contributed by atoms with Crippen molar-refractivity contribution < 1.29 is 24.2 Å². The van der Waals surface area contributed by atoms with Gasteiger partial charge in [0.25, 0.3) is 5.91 Å². The van der Waals surface area contributed by atoms with Crippen LogP contribution in [0.15, 0.2) is 71.2 Å². The minimum atomic E-state index is -1.13. The van der Waals surface area contributed by atoms with Gasteiger partial charge in [-0.05, 0) is 40.5 Å². The molecule has 0 saturated carbocycles. The second-order valence-electron chi connectivity index (χ2n) is 7.70. The van der Waals surface area contributed by atoms with E-state index in [0.717, 1.165) is 27.2 Å². The molecule has 7 nitrogen and oxygen atoms in total. The molecule has 0 atom stereocenters. The van der Waals surface area contributed by atoms with E-state index in [4.69, 9.17) is 9.84 Å². The summed E-state index contributed by atoms with van der Waals surface area (Å²) in [5, 5.41) is 11.6. The smallest absolute Gasteiger partial charge is 0.411 e. The number of carboxylic acids is 1. The summed E-state index contributed by atoms with van der Waals surface area (Å²) in [4.78, 5) is 37.4. The van der Waals surface area contributed by atoms with Crippen LogP contribution >= 0.6 is 15.9 Å². The molecule has 4 rings (SSSR count). The number of aliphatic carboxylic acids is 1. The van der Waals surface area contributed by atoms with Gasteiger partial charge in [-0.2, -0.15) is 0 Å². The summed E-state index contributed by atoms with van der Waals surface area (Å²) in [6.07, 6.45) is -0.704. The number of rotatable bonds is 6. The van der Waals surface area contributed by atoms with Crippen LogP contribution in [0.3, 0.4) is 0 Å². The van der Waals surface area contributed by atoms with Gasteiger partial charge in [-0.3, -0.25) is 14.9 Å². The van der Waals surface area contributed by atoms with Crippen molar-refractivity contribution >= 4 is 39.6 Å². The van der Waals surface area contributed by atoms with Gasteiger partial charge in [0.1, 0.15) is 13.2 Å². The highest BCUT2D eigenvalue weighted by Gasteiger charge is 2.29. The second kappa shape index (κ2) is 9.46. The first-order chi connectivity index (χ1) is 15.8. The third-order valence-electron chi connectivity index (χ3n) is 5.51. The molecule has 1 aliphatic rings. The van der Waals surface area contributed by atoms with Gasteiger partial charge < -0.3 is 14.7 Å². The summed E-state index contributed by atoms with van der Waals surface area (Å²) in [5.41, 5.74) is 4.84. The van der Waals surface area contributed by atoms with Crippen molar-refractivity contribution in [3.05, 3.63) is 87.9 Å². The van der Waals surface area contributed by atoms with Crippen LogP contribution in [0.5, 0.6) is 0 Å². The lowest BCUT2D eigenvalue weighted by atomic mass is 9.98. The Morgan fingerprint density at radius 2 is 1.61 bits per heavy atom. The molecule has 3 aromatic rings. The van der Waals surface area contributed by atoms with E-state index in [1.165, 1.54) is 13.1 Å². The van der Waals surface area contributed by atoms with Gasteiger partial charge >= 0.3 is 12.1 Å². The highest BCUT2D eigenvalue weighted by molar-refractivity contribution is 9.10. The maximum Gasteiger partial charge on any atom is 0.411 e. The molecule has 0 bridgehead atoms. The Morgan fingerprint density at radius 3 is 2.21 bits per heavy atom. The summed E-state index contributed by atoms with van der Waals surface area (Å²) in [7, 11) is 1.38. The van der Waals surface area contributed by atoms with Crippen LogP contribution < -0.4 is 5.32 Å². The van der Waals surface area contributed by atoms with Crippen molar-refractivity contribution in [2.24, 2.45) is 0 Å². The highest BCUT2D eigenvalue weighted by atomic mass is 79.9. The van der Waals surface area contributed by atoms with Gasteiger partial charge in [-0.15, -0.1) is 0 Å². The molecular formula is C25H21BrN2O5. The van der Waals surface area contributed by atoms with Gasteiger partial charge in [0.15, 0.2) is 0 Å². The lowest BCUT2D eigenvalue weighted by Crippen LogP contribution is -2.32. The summed E-state index contributed by atoms with van der Waals surface area (Å²) >= 11 is 3.33. The quantitative estimate of drug-likeness (QED) is 0.490. The van der Waals surface area contributed by atoms with E-state index in [1.807, 2.05) is 36.4 Å². The number of fused-ring (bicyclic) bond motifs is 3. The number of hydrogen-bond donors (Lipinski definition) is 2. The average molecular weight is 509 g/mol. The summed E-state index contributed by atoms with van der Waals surface area (Å²) in [6, 6.07) is 20.8. The van der Waals surface area contributed by atoms with E-state index in [9.17, 15) is 14.4 Å². The lowest BCUT2D eigenvalue weighted by Gasteiger charge is -2.18. The minimum Gasteiger partial charge on any atom is -0.480 e. The van der Waals surface area contributed by atoms with Gasteiger partial charge in [0, 0.05) is 17.4 Å². The topological polar surface area (TPSA) is 95.9 Å². The second-order valence-corrected chi connectivity index (χ2v) is 8.61. The molecule has 0 heterocycles. The SMILES string of the molecule is CN(CC(=O)O)C(=O)c1ccc(Br)cc1NC(=O)OCC1c2ccccc2-c2ccccc21. The van der Waals surface area contributed by atoms with Crippen molar-refractivity contribution in [3.8, 4) is 11.1 Å². The van der Waals surface area contributed by atoms with Crippen molar-refractivity contribution in [1.29, 1.82) is 0 Å². The van der Waals surface area contributed by atoms with E-state index in [-0.39, 0.29) is 23.8 Å². The molecule has 0 aromatic heterocycles. The molecule has 0 spiro atoms. The van der Waals surface area contributed by atoms with Crippen LogP contribution in [0, 0.1) is 0 Å². The highest BCUT2D eigenvalue weighted by Crippen LogP contribution is 2.44.